The lowest BCUT2D eigenvalue weighted by atomic mass is 9.83. The van der Waals surface area contributed by atoms with Crippen molar-refractivity contribution in [3.8, 4) is 17.2 Å². The van der Waals surface area contributed by atoms with Crippen molar-refractivity contribution in [3.05, 3.63) is 59.0 Å². The molecule has 0 aliphatic carbocycles. The topological polar surface area (TPSA) is 74.3 Å². The van der Waals surface area contributed by atoms with Gasteiger partial charge in [0.25, 0.3) is 0 Å². The average Bonchev–Trinajstić information content (AvgIpc) is 3.13. The first-order valence-electron chi connectivity index (χ1n) is 9.27. The zero-order chi connectivity index (χ0) is 21.4. The van der Waals surface area contributed by atoms with E-state index in [9.17, 15) is 14.0 Å². The fourth-order valence-corrected chi connectivity index (χ4v) is 3.96. The molecule has 0 aromatic heterocycles. The molecular formula is C22H20FNO6. The Balaban J connectivity index is 1.85. The van der Waals surface area contributed by atoms with Gasteiger partial charge in [-0.15, -0.1) is 0 Å². The third-order valence-corrected chi connectivity index (χ3v) is 5.27. The van der Waals surface area contributed by atoms with E-state index in [1.807, 2.05) is 0 Å². The Labute approximate surface area is 172 Å². The van der Waals surface area contributed by atoms with Crippen LogP contribution in [0.1, 0.15) is 17.9 Å². The molecule has 0 fully saturated rings. The van der Waals surface area contributed by atoms with Crippen LogP contribution in [0.25, 0.3) is 0 Å². The molecule has 8 heteroatoms. The summed E-state index contributed by atoms with van der Waals surface area (Å²) in [6.45, 7) is -0.0582. The molecule has 1 amide bonds. The standard InChI is InChI=1S/C22H20FNO6/c1-27-17-7-12(8-18(28-2)21(17)29-3)15-10-19(25)24(14-6-4-5-13(23)9-14)16-11-30-22(26)20(15)16/h4-9,15H,10-11H2,1-3H3/t15-/m0/s1. The van der Waals surface area contributed by atoms with Crippen molar-refractivity contribution in [2.45, 2.75) is 12.3 Å². The van der Waals surface area contributed by atoms with Crippen LogP contribution in [0.3, 0.4) is 0 Å². The summed E-state index contributed by atoms with van der Waals surface area (Å²) in [5.41, 5.74) is 1.80. The minimum Gasteiger partial charge on any atom is -0.493 e. The number of methoxy groups -OCH3 is 3. The van der Waals surface area contributed by atoms with Gasteiger partial charge in [-0.3, -0.25) is 9.69 Å². The van der Waals surface area contributed by atoms with Gasteiger partial charge in [0.05, 0.1) is 38.3 Å². The lowest BCUT2D eigenvalue weighted by Crippen LogP contribution is -2.37. The second-order valence-corrected chi connectivity index (χ2v) is 6.86. The lowest BCUT2D eigenvalue weighted by Gasteiger charge is -2.32. The van der Waals surface area contributed by atoms with E-state index in [0.29, 0.717) is 39.8 Å². The molecule has 0 saturated heterocycles. The van der Waals surface area contributed by atoms with Crippen molar-refractivity contribution in [3.63, 3.8) is 0 Å². The molecule has 2 aliphatic rings. The SMILES string of the molecule is COc1cc([C@@H]2CC(=O)N(c3cccc(F)c3)C3=C2C(=O)OC3)cc(OC)c1OC. The molecule has 2 aromatic rings. The Kier molecular flexibility index (Phi) is 5.07. The van der Waals surface area contributed by atoms with E-state index in [4.69, 9.17) is 18.9 Å². The molecule has 156 valence electrons. The summed E-state index contributed by atoms with van der Waals surface area (Å²) < 4.78 is 35.2. The van der Waals surface area contributed by atoms with Crippen LogP contribution < -0.4 is 19.1 Å². The molecule has 0 unspecified atom stereocenters. The predicted octanol–water partition coefficient (Wildman–Crippen LogP) is 3.18. The molecule has 1 atom stereocenters. The highest BCUT2D eigenvalue weighted by molar-refractivity contribution is 6.06. The number of halogens is 1. The van der Waals surface area contributed by atoms with Crippen LogP contribution in [0.2, 0.25) is 0 Å². The third-order valence-electron chi connectivity index (χ3n) is 5.27. The number of rotatable bonds is 5. The Bertz CT molecular complexity index is 1040. The maximum atomic E-state index is 13.8. The Hall–Kier alpha value is -3.55. The first-order valence-corrected chi connectivity index (χ1v) is 9.27. The molecule has 0 saturated carbocycles. The van der Waals surface area contributed by atoms with Crippen LogP contribution >= 0.6 is 0 Å². The van der Waals surface area contributed by atoms with Gasteiger partial charge >= 0.3 is 5.97 Å². The zero-order valence-corrected chi connectivity index (χ0v) is 16.7. The summed E-state index contributed by atoms with van der Waals surface area (Å²) in [7, 11) is 4.48. The van der Waals surface area contributed by atoms with Crippen LogP contribution in [-0.4, -0.2) is 39.8 Å². The molecular weight excluding hydrogens is 393 g/mol. The summed E-state index contributed by atoms with van der Waals surface area (Å²) in [5.74, 6) is -0.550. The Morgan fingerprint density at radius 1 is 1.03 bits per heavy atom. The van der Waals surface area contributed by atoms with Gasteiger partial charge in [0.15, 0.2) is 11.5 Å². The average molecular weight is 413 g/mol. The summed E-state index contributed by atoms with van der Waals surface area (Å²) >= 11 is 0. The number of nitrogens with zero attached hydrogens (tertiary/aromatic N) is 1. The number of hydrogen-bond donors (Lipinski definition) is 0. The largest absolute Gasteiger partial charge is 0.493 e. The lowest BCUT2D eigenvalue weighted by molar-refractivity contribution is -0.136. The second kappa shape index (κ2) is 7.70. The third kappa shape index (κ3) is 3.14. The van der Waals surface area contributed by atoms with Gasteiger partial charge in [0.1, 0.15) is 12.4 Å². The van der Waals surface area contributed by atoms with E-state index in [1.54, 1.807) is 18.2 Å². The van der Waals surface area contributed by atoms with Gasteiger partial charge in [-0.2, -0.15) is 0 Å². The van der Waals surface area contributed by atoms with Crippen molar-refractivity contribution in [2.75, 3.05) is 32.8 Å². The summed E-state index contributed by atoms with van der Waals surface area (Å²) in [5, 5.41) is 0. The molecule has 30 heavy (non-hydrogen) atoms. The van der Waals surface area contributed by atoms with Gasteiger partial charge in [-0.05, 0) is 35.9 Å². The van der Waals surface area contributed by atoms with E-state index in [2.05, 4.69) is 0 Å². The molecule has 2 heterocycles. The minimum atomic E-state index is -0.555. The Morgan fingerprint density at radius 3 is 2.33 bits per heavy atom. The molecule has 4 rings (SSSR count). The number of anilines is 1. The normalized spacial score (nSPS) is 18.3. The van der Waals surface area contributed by atoms with E-state index in [0.717, 1.165) is 0 Å². The number of carbonyl (C=O) groups is 2. The number of cyclic esters (lactones) is 1. The predicted molar refractivity (Wildman–Crippen MR) is 105 cm³/mol. The second-order valence-electron chi connectivity index (χ2n) is 6.86. The van der Waals surface area contributed by atoms with Crippen molar-refractivity contribution in [1.82, 2.24) is 0 Å². The molecule has 7 nitrogen and oxygen atoms in total. The van der Waals surface area contributed by atoms with Crippen LogP contribution in [0.15, 0.2) is 47.7 Å². The fourth-order valence-electron chi connectivity index (χ4n) is 3.96. The van der Waals surface area contributed by atoms with Gasteiger partial charge < -0.3 is 18.9 Å². The van der Waals surface area contributed by atoms with E-state index < -0.39 is 17.7 Å². The number of carbonyl (C=O) groups excluding carboxylic acids is 2. The van der Waals surface area contributed by atoms with Crippen LogP contribution in [0.5, 0.6) is 17.2 Å². The quantitative estimate of drug-likeness (QED) is 0.701. The van der Waals surface area contributed by atoms with E-state index >= 15 is 0 Å². The molecule has 0 bridgehead atoms. The molecule has 0 N–H and O–H groups in total. The zero-order valence-electron chi connectivity index (χ0n) is 16.7. The van der Waals surface area contributed by atoms with E-state index in [1.165, 1.54) is 44.4 Å². The van der Waals surface area contributed by atoms with Gasteiger partial charge in [0, 0.05) is 12.3 Å². The maximum absolute atomic E-state index is 13.8. The van der Waals surface area contributed by atoms with Gasteiger partial charge in [-0.1, -0.05) is 6.07 Å². The highest BCUT2D eigenvalue weighted by Crippen LogP contribution is 2.46. The van der Waals surface area contributed by atoms with Gasteiger partial charge in [0.2, 0.25) is 11.7 Å². The molecule has 0 spiro atoms. The van der Waals surface area contributed by atoms with Crippen LogP contribution in [0, 0.1) is 5.82 Å². The Morgan fingerprint density at radius 2 is 1.73 bits per heavy atom. The smallest absolute Gasteiger partial charge is 0.336 e. The van der Waals surface area contributed by atoms with Gasteiger partial charge in [-0.25, -0.2) is 9.18 Å². The van der Waals surface area contributed by atoms with E-state index in [-0.39, 0.29) is 18.9 Å². The monoisotopic (exact) mass is 413 g/mol. The highest BCUT2D eigenvalue weighted by atomic mass is 19.1. The van der Waals surface area contributed by atoms with Crippen molar-refractivity contribution in [2.24, 2.45) is 0 Å². The maximum Gasteiger partial charge on any atom is 0.336 e. The molecule has 2 aromatic carbocycles. The molecule has 0 radical (unpaired) electrons. The number of benzene rings is 2. The fraction of sp³-hybridized carbons (Fsp3) is 0.273. The minimum absolute atomic E-state index is 0.00306. The summed E-state index contributed by atoms with van der Waals surface area (Å²) in [6, 6.07) is 9.11. The van der Waals surface area contributed by atoms with Crippen LogP contribution in [0.4, 0.5) is 10.1 Å². The number of amides is 1. The first-order chi connectivity index (χ1) is 14.5. The number of hydrogen-bond acceptors (Lipinski definition) is 6. The summed E-state index contributed by atoms with van der Waals surface area (Å²) in [4.78, 5) is 27.0. The number of esters is 1. The van der Waals surface area contributed by atoms with Crippen molar-refractivity contribution in [1.29, 1.82) is 0 Å². The van der Waals surface area contributed by atoms with Crippen molar-refractivity contribution >= 4 is 17.6 Å². The first kappa shape index (κ1) is 19.8. The molecule has 2 aliphatic heterocycles. The highest BCUT2D eigenvalue weighted by Gasteiger charge is 2.43. The summed E-state index contributed by atoms with van der Waals surface area (Å²) in [6.07, 6.45) is 0.00306. The van der Waals surface area contributed by atoms with Crippen LogP contribution in [-0.2, 0) is 14.3 Å². The van der Waals surface area contributed by atoms with Crippen molar-refractivity contribution < 1.29 is 32.9 Å². The number of ether oxygens (including phenoxy) is 4.